The summed E-state index contributed by atoms with van der Waals surface area (Å²) in [4.78, 5) is 17.1. The van der Waals surface area contributed by atoms with E-state index in [1.165, 1.54) is 12.3 Å². The molecule has 0 aliphatic carbocycles. The first-order chi connectivity index (χ1) is 7.25. The van der Waals surface area contributed by atoms with E-state index in [9.17, 15) is 9.18 Å². The molecule has 0 unspecified atom stereocenters. The van der Waals surface area contributed by atoms with E-state index < -0.39 is 12.3 Å². The Morgan fingerprint density at radius 3 is 3.20 bits per heavy atom. The highest BCUT2D eigenvalue weighted by atomic mass is 19.1. The van der Waals surface area contributed by atoms with Gasteiger partial charge in [-0.1, -0.05) is 0 Å². The van der Waals surface area contributed by atoms with Crippen molar-refractivity contribution in [3.05, 3.63) is 22.6 Å². The van der Waals surface area contributed by atoms with Crippen molar-refractivity contribution in [3.63, 3.8) is 0 Å². The van der Waals surface area contributed by atoms with E-state index in [2.05, 4.69) is 15.3 Å². The standard InChI is InChI=1S/C9H12FN3O2/c10-6-1-3-11-5-7(6)15-9-12-4-2-8(14)13-9/h2,4,6-7,11H,1,3,5H2,(H,12,13,14)/t6-,7-/m1/s1. The van der Waals surface area contributed by atoms with Crippen LogP contribution < -0.4 is 15.6 Å². The molecule has 2 atom stereocenters. The van der Waals surface area contributed by atoms with Crippen molar-refractivity contribution < 1.29 is 9.13 Å². The average molecular weight is 213 g/mol. The van der Waals surface area contributed by atoms with Gasteiger partial charge in [-0.15, -0.1) is 0 Å². The van der Waals surface area contributed by atoms with Gasteiger partial charge in [0.2, 0.25) is 0 Å². The fraction of sp³-hybridized carbons (Fsp3) is 0.556. The second-order valence-corrected chi connectivity index (χ2v) is 3.40. The number of aromatic nitrogens is 2. The summed E-state index contributed by atoms with van der Waals surface area (Å²) in [5, 5.41) is 3.02. The largest absolute Gasteiger partial charge is 0.457 e. The highest BCUT2D eigenvalue weighted by Crippen LogP contribution is 2.12. The monoisotopic (exact) mass is 213 g/mol. The maximum atomic E-state index is 13.3. The molecule has 2 rings (SSSR count). The van der Waals surface area contributed by atoms with Gasteiger partial charge < -0.3 is 10.1 Å². The summed E-state index contributed by atoms with van der Waals surface area (Å²) in [5.41, 5.74) is -0.306. The zero-order valence-electron chi connectivity index (χ0n) is 8.07. The Bertz CT molecular complexity index is 382. The first kappa shape index (κ1) is 10.1. The lowest BCUT2D eigenvalue weighted by molar-refractivity contribution is 0.0664. The predicted octanol–water partition coefficient (Wildman–Crippen LogP) is -0.151. The third kappa shape index (κ3) is 2.53. The fourth-order valence-corrected chi connectivity index (χ4v) is 1.47. The molecule has 15 heavy (non-hydrogen) atoms. The minimum absolute atomic E-state index is 0.0684. The van der Waals surface area contributed by atoms with Crippen LogP contribution in [0.3, 0.4) is 0 Å². The summed E-state index contributed by atoms with van der Waals surface area (Å²) in [6, 6.07) is 1.35. The molecule has 0 radical (unpaired) electrons. The van der Waals surface area contributed by atoms with Gasteiger partial charge in [0.25, 0.3) is 11.6 Å². The second kappa shape index (κ2) is 4.39. The number of ether oxygens (including phenoxy) is 1. The number of hydrogen-bond donors (Lipinski definition) is 2. The number of piperidine rings is 1. The third-order valence-electron chi connectivity index (χ3n) is 2.26. The SMILES string of the molecule is O=c1ccnc(O[C@@H]2CNCC[C@H]2F)[nH]1. The average Bonchev–Trinajstić information content (AvgIpc) is 2.22. The second-order valence-electron chi connectivity index (χ2n) is 3.40. The Kier molecular flexibility index (Phi) is 2.96. The minimum atomic E-state index is -1.02. The molecule has 1 fully saturated rings. The molecule has 2 N–H and O–H groups in total. The molecule has 1 saturated heterocycles. The molecule has 0 amide bonds. The normalized spacial score (nSPS) is 26.2. The Morgan fingerprint density at radius 2 is 2.47 bits per heavy atom. The van der Waals surface area contributed by atoms with Crippen LogP contribution in [0.1, 0.15) is 6.42 Å². The van der Waals surface area contributed by atoms with Gasteiger partial charge in [0.1, 0.15) is 12.3 Å². The first-order valence-electron chi connectivity index (χ1n) is 4.82. The molecule has 1 aromatic heterocycles. The van der Waals surface area contributed by atoms with E-state index in [-0.39, 0.29) is 11.6 Å². The van der Waals surface area contributed by atoms with Crippen LogP contribution in [0.15, 0.2) is 17.1 Å². The Labute approximate surface area is 85.7 Å². The Balaban J connectivity index is 2.04. The maximum Gasteiger partial charge on any atom is 0.296 e. The zero-order valence-corrected chi connectivity index (χ0v) is 8.07. The van der Waals surface area contributed by atoms with Crippen LogP contribution in [0.2, 0.25) is 0 Å². The van der Waals surface area contributed by atoms with Crippen molar-refractivity contribution in [2.24, 2.45) is 0 Å². The summed E-state index contributed by atoms with van der Waals surface area (Å²) >= 11 is 0. The van der Waals surface area contributed by atoms with Gasteiger partial charge in [-0.3, -0.25) is 9.78 Å². The van der Waals surface area contributed by atoms with Crippen LogP contribution in [0.5, 0.6) is 6.01 Å². The number of hydrogen-bond acceptors (Lipinski definition) is 4. The number of alkyl halides is 1. The van der Waals surface area contributed by atoms with E-state index in [0.717, 1.165) is 0 Å². The lowest BCUT2D eigenvalue weighted by atomic mass is 10.1. The molecular weight excluding hydrogens is 201 g/mol. The summed E-state index contributed by atoms with van der Waals surface area (Å²) in [6.45, 7) is 1.08. The lowest BCUT2D eigenvalue weighted by Gasteiger charge is -2.26. The molecule has 0 bridgehead atoms. The lowest BCUT2D eigenvalue weighted by Crippen LogP contribution is -2.45. The van der Waals surface area contributed by atoms with E-state index in [4.69, 9.17) is 4.74 Å². The van der Waals surface area contributed by atoms with Crippen LogP contribution in [0, 0.1) is 0 Å². The number of halogens is 1. The Morgan fingerprint density at radius 1 is 1.60 bits per heavy atom. The molecule has 6 heteroatoms. The number of nitrogens with zero attached hydrogens (tertiary/aromatic N) is 1. The number of rotatable bonds is 2. The van der Waals surface area contributed by atoms with E-state index >= 15 is 0 Å². The maximum absolute atomic E-state index is 13.3. The number of aromatic amines is 1. The van der Waals surface area contributed by atoms with Gasteiger partial charge in [-0.2, -0.15) is 0 Å². The van der Waals surface area contributed by atoms with Gasteiger partial charge in [0, 0.05) is 18.8 Å². The molecule has 0 spiro atoms. The van der Waals surface area contributed by atoms with Gasteiger partial charge in [-0.25, -0.2) is 9.37 Å². The molecule has 82 valence electrons. The summed E-state index contributed by atoms with van der Waals surface area (Å²) < 4.78 is 18.6. The van der Waals surface area contributed by atoms with Crippen molar-refractivity contribution >= 4 is 0 Å². The predicted molar refractivity (Wildman–Crippen MR) is 51.7 cm³/mol. The van der Waals surface area contributed by atoms with Crippen LogP contribution >= 0.6 is 0 Å². The van der Waals surface area contributed by atoms with Gasteiger partial charge >= 0.3 is 0 Å². The molecule has 1 aliphatic heterocycles. The van der Waals surface area contributed by atoms with E-state index in [0.29, 0.717) is 19.5 Å². The summed E-state index contributed by atoms with van der Waals surface area (Å²) in [7, 11) is 0. The fourth-order valence-electron chi connectivity index (χ4n) is 1.47. The molecule has 1 aromatic rings. The van der Waals surface area contributed by atoms with Crippen molar-refractivity contribution in [1.29, 1.82) is 0 Å². The van der Waals surface area contributed by atoms with Crippen molar-refractivity contribution in [2.75, 3.05) is 13.1 Å². The molecule has 1 aliphatic rings. The van der Waals surface area contributed by atoms with Crippen LogP contribution in [-0.2, 0) is 0 Å². The highest BCUT2D eigenvalue weighted by Gasteiger charge is 2.26. The van der Waals surface area contributed by atoms with Crippen LogP contribution in [0.4, 0.5) is 4.39 Å². The van der Waals surface area contributed by atoms with E-state index in [1.807, 2.05) is 0 Å². The first-order valence-corrected chi connectivity index (χ1v) is 4.82. The van der Waals surface area contributed by atoms with Gasteiger partial charge in [-0.05, 0) is 13.0 Å². The molecular formula is C9H12FN3O2. The summed E-state index contributed by atoms with van der Waals surface area (Å²) in [5.74, 6) is 0. The molecule has 0 saturated carbocycles. The van der Waals surface area contributed by atoms with Crippen molar-refractivity contribution in [3.8, 4) is 6.01 Å². The van der Waals surface area contributed by atoms with Gasteiger partial charge in [0.05, 0.1) is 0 Å². The quantitative estimate of drug-likeness (QED) is 0.717. The Hall–Kier alpha value is -1.43. The summed E-state index contributed by atoms with van der Waals surface area (Å²) in [6.07, 6.45) is 0.153. The third-order valence-corrected chi connectivity index (χ3v) is 2.26. The van der Waals surface area contributed by atoms with Crippen LogP contribution in [0.25, 0.3) is 0 Å². The zero-order chi connectivity index (χ0) is 10.7. The number of nitrogens with one attached hydrogen (secondary N) is 2. The van der Waals surface area contributed by atoms with Gasteiger partial charge in [0.15, 0.2) is 0 Å². The smallest absolute Gasteiger partial charge is 0.296 e. The highest BCUT2D eigenvalue weighted by molar-refractivity contribution is 4.96. The van der Waals surface area contributed by atoms with Crippen LogP contribution in [-0.4, -0.2) is 35.3 Å². The van der Waals surface area contributed by atoms with E-state index in [1.54, 1.807) is 0 Å². The molecule has 2 heterocycles. The molecule has 5 nitrogen and oxygen atoms in total. The topological polar surface area (TPSA) is 67.0 Å². The van der Waals surface area contributed by atoms with Crippen molar-refractivity contribution in [2.45, 2.75) is 18.7 Å². The number of H-pyrrole nitrogens is 1. The minimum Gasteiger partial charge on any atom is -0.457 e. The van der Waals surface area contributed by atoms with Crippen molar-refractivity contribution in [1.82, 2.24) is 15.3 Å². The molecule has 0 aromatic carbocycles.